The topological polar surface area (TPSA) is 57.3 Å². The van der Waals surface area contributed by atoms with E-state index < -0.39 is 0 Å². The molecule has 0 saturated heterocycles. The van der Waals surface area contributed by atoms with Crippen LogP contribution in [-0.4, -0.2) is 30.0 Å². The van der Waals surface area contributed by atoms with Gasteiger partial charge in [0.1, 0.15) is 0 Å². The summed E-state index contributed by atoms with van der Waals surface area (Å²) in [7, 11) is 4.05. The standard InChI is InChI=1S/C19H20N4O.2ClH/c1-23(2)13-14-7-9-15(10-8-14)21-19(24)22-18-11-12-20-17-6-4-3-5-16(17)18;;/h3-12H,13H2,1-2H3,(H2,20,21,22,24);2*1H. The molecule has 0 radical (unpaired) electrons. The fourth-order valence-electron chi connectivity index (χ4n) is 2.55. The summed E-state index contributed by atoms with van der Waals surface area (Å²) in [5, 5.41) is 6.65. The molecule has 0 saturated carbocycles. The number of para-hydroxylation sites is 1. The number of hydrogen-bond acceptors (Lipinski definition) is 3. The predicted octanol–water partition coefficient (Wildman–Crippen LogP) is 4.78. The molecule has 1 heterocycles. The molecule has 0 unspecified atom stereocenters. The van der Waals surface area contributed by atoms with Crippen LogP contribution >= 0.6 is 24.8 Å². The quantitative estimate of drug-likeness (QED) is 0.671. The summed E-state index contributed by atoms with van der Waals surface area (Å²) in [6.07, 6.45) is 1.69. The minimum absolute atomic E-state index is 0. The molecule has 26 heavy (non-hydrogen) atoms. The van der Waals surface area contributed by atoms with Crippen LogP contribution in [0.1, 0.15) is 5.56 Å². The van der Waals surface area contributed by atoms with Crippen LogP contribution in [0.2, 0.25) is 0 Å². The van der Waals surface area contributed by atoms with Crippen LogP contribution in [-0.2, 0) is 6.54 Å². The lowest BCUT2D eigenvalue weighted by Crippen LogP contribution is -2.19. The predicted molar refractivity (Wildman–Crippen MR) is 113 cm³/mol. The number of pyridine rings is 1. The number of carbonyl (C=O) groups is 1. The summed E-state index contributed by atoms with van der Waals surface area (Å²) in [5.74, 6) is 0. The van der Waals surface area contributed by atoms with Gasteiger partial charge in [0, 0.05) is 23.8 Å². The van der Waals surface area contributed by atoms with Crippen molar-refractivity contribution in [2.45, 2.75) is 6.54 Å². The molecular weight excluding hydrogens is 371 g/mol. The molecule has 0 aliphatic rings. The Morgan fingerprint density at radius 2 is 1.65 bits per heavy atom. The fourth-order valence-corrected chi connectivity index (χ4v) is 2.55. The van der Waals surface area contributed by atoms with Crippen molar-refractivity contribution in [3.05, 3.63) is 66.4 Å². The number of amides is 2. The Labute approximate surface area is 165 Å². The first-order valence-corrected chi connectivity index (χ1v) is 7.77. The molecule has 7 heteroatoms. The van der Waals surface area contributed by atoms with Crippen LogP contribution < -0.4 is 10.6 Å². The van der Waals surface area contributed by atoms with Crippen LogP contribution in [0.3, 0.4) is 0 Å². The molecule has 0 aliphatic carbocycles. The average molecular weight is 393 g/mol. The molecule has 2 N–H and O–H groups in total. The summed E-state index contributed by atoms with van der Waals surface area (Å²) >= 11 is 0. The molecule has 0 spiro atoms. The zero-order valence-corrected chi connectivity index (χ0v) is 16.2. The van der Waals surface area contributed by atoms with E-state index in [2.05, 4.69) is 20.5 Å². The number of rotatable bonds is 4. The number of halogens is 2. The van der Waals surface area contributed by atoms with Crippen molar-refractivity contribution in [2.75, 3.05) is 24.7 Å². The number of benzene rings is 2. The summed E-state index contributed by atoms with van der Waals surface area (Å²) in [5.41, 5.74) is 3.55. The van der Waals surface area contributed by atoms with Crippen molar-refractivity contribution in [3.63, 3.8) is 0 Å². The SMILES string of the molecule is CN(C)Cc1ccc(NC(=O)Nc2ccnc3ccccc23)cc1.Cl.Cl. The van der Waals surface area contributed by atoms with Crippen LogP contribution in [0.5, 0.6) is 0 Å². The molecule has 0 atom stereocenters. The third-order valence-corrected chi connectivity index (χ3v) is 3.61. The van der Waals surface area contributed by atoms with Crippen molar-refractivity contribution < 1.29 is 4.79 Å². The Hall–Kier alpha value is -2.34. The maximum Gasteiger partial charge on any atom is 0.323 e. The molecule has 3 rings (SSSR count). The van der Waals surface area contributed by atoms with Gasteiger partial charge in [-0.15, -0.1) is 24.8 Å². The third-order valence-electron chi connectivity index (χ3n) is 3.61. The largest absolute Gasteiger partial charge is 0.323 e. The lowest BCUT2D eigenvalue weighted by Gasteiger charge is -2.12. The second-order valence-electron chi connectivity index (χ2n) is 5.89. The maximum absolute atomic E-state index is 12.2. The first kappa shape index (κ1) is 21.7. The first-order valence-electron chi connectivity index (χ1n) is 7.77. The van der Waals surface area contributed by atoms with Gasteiger partial charge in [0.2, 0.25) is 0 Å². The van der Waals surface area contributed by atoms with E-state index in [1.54, 1.807) is 12.3 Å². The molecule has 2 aromatic carbocycles. The Kier molecular flexibility index (Phi) is 8.32. The Morgan fingerprint density at radius 3 is 2.35 bits per heavy atom. The first-order chi connectivity index (χ1) is 11.6. The molecule has 138 valence electrons. The summed E-state index contributed by atoms with van der Waals surface area (Å²) in [6, 6.07) is 17.1. The average Bonchev–Trinajstić information content (AvgIpc) is 2.56. The van der Waals surface area contributed by atoms with Crippen LogP contribution in [0.15, 0.2) is 60.8 Å². The van der Waals surface area contributed by atoms with Gasteiger partial charge in [-0.2, -0.15) is 0 Å². The number of urea groups is 1. The Bertz CT molecular complexity index is 848. The van der Waals surface area contributed by atoms with Gasteiger partial charge >= 0.3 is 6.03 Å². The molecule has 1 aromatic heterocycles. The summed E-state index contributed by atoms with van der Waals surface area (Å²) < 4.78 is 0. The van der Waals surface area contributed by atoms with Gasteiger partial charge < -0.3 is 15.5 Å². The highest BCUT2D eigenvalue weighted by atomic mass is 35.5. The van der Waals surface area contributed by atoms with E-state index in [1.807, 2.05) is 62.6 Å². The molecule has 3 aromatic rings. The lowest BCUT2D eigenvalue weighted by molar-refractivity contribution is 0.262. The molecule has 0 fully saturated rings. The zero-order valence-electron chi connectivity index (χ0n) is 14.6. The third kappa shape index (κ3) is 5.59. The van der Waals surface area contributed by atoms with Crippen LogP contribution in [0.25, 0.3) is 10.9 Å². The van der Waals surface area contributed by atoms with E-state index in [0.29, 0.717) is 0 Å². The Morgan fingerprint density at radius 1 is 0.962 bits per heavy atom. The Balaban J connectivity index is 0.00000169. The smallest absolute Gasteiger partial charge is 0.308 e. The van der Waals surface area contributed by atoms with Crippen molar-refractivity contribution in [1.29, 1.82) is 0 Å². The van der Waals surface area contributed by atoms with E-state index >= 15 is 0 Å². The van der Waals surface area contributed by atoms with Crippen molar-refractivity contribution in [1.82, 2.24) is 9.88 Å². The normalized spacial score (nSPS) is 9.96. The second kappa shape index (κ2) is 9.97. The van der Waals surface area contributed by atoms with Crippen molar-refractivity contribution in [2.24, 2.45) is 0 Å². The van der Waals surface area contributed by atoms with Gasteiger partial charge in [-0.25, -0.2) is 4.79 Å². The van der Waals surface area contributed by atoms with Gasteiger partial charge in [0.15, 0.2) is 0 Å². The fraction of sp³-hybridized carbons (Fsp3) is 0.158. The van der Waals surface area contributed by atoms with Crippen molar-refractivity contribution >= 4 is 53.1 Å². The number of nitrogens with one attached hydrogen (secondary N) is 2. The molecule has 5 nitrogen and oxygen atoms in total. The number of hydrogen-bond donors (Lipinski definition) is 2. The van der Waals surface area contributed by atoms with Crippen LogP contribution in [0, 0.1) is 0 Å². The number of anilines is 2. The molecule has 0 aliphatic heterocycles. The van der Waals surface area contributed by atoms with Gasteiger partial charge in [-0.05, 0) is 43.9 Å². The van der Waals surface area contributed by atoms with E-state index in [1.165, 1.54) is 5.56 Å². The van der Waals surface area contributed by atoms with Gasteiger partial charge in [-0.1, -0.05) is 30.3 Å². The second-order valence-corrected chi connectivity index (χ2v) is 5.89. The highest BCUT2D eigenvalue weighted by Crippen LogP contribution is 2.21. The monoisotopic (exact) mass is 392 g/mol. The summed E-state index contributed by atoms with van der Waals surface area (Å²) in [4.78, 5) is 18.6. The van der Waals surface area contributed by atoms with E-state index in [9.17, 15) is 4.79 Å². The highest BCUT2D eigenvalue weighted by molar-refractivity contribution is 6.05. The van der Waals surface area contributed by atoms with E-state index in [-0.39, 0.29) is 30.8 Å². The van der Waals surface area contributed by atoms with Gasteiger partial charge in [0.05, 0.1) is 11.2 Å². The van der Waals surface area contributed by atoms with Crippen LogP contribution in [0.4, 0.5) is 16.2 Å². The number of aromatic nitrogens is 1. The summed E-state index contributed by atoms with van der Waals surface area (Å²) in [6.45, 7) is 0.871. The lowest BCUT2D eigenvalue weighted by atomic mass is 10.2. The minimum atomic E-state index is -0.272. The molecular formula is C19H22Cl2N4O. The zero-order chi connectivity index (χ0) is 16.9. The van der Waals surface area contributed by atoms with E-state index in [0.717, 1.165) is 28.8 Å². The van der Waals surface area contributed by atoms with Gasteiger partial charge in [0.25, 0.3) is 0 Å². The number of fused-ring (bicyclic) bond motifs is 1. The molecule has 2 amide bonds. The van der Waals surface area contributed by atoms with Crippen molar-refractivity contribution in [3.8, 4) is 0 Å². The highest BCUT2D eigenvalue weighted by Gasteiger charge is 2.06. The number of carbonyl (C=O) groups excluding carboxylic acids is 1. The minimum Gasteiger partial charge on any atom is -0.308 e. The van der Waals surface area contributed by atoms with E-state index in [4.69, 9.17) is 0 Å². The number of nitrogens with zero attached hydrogens (tertiary/aromatic N) is 2. The van der Waals surface area contributed by atoms with Gasteiger partial charge in [-0.3, -0.25) is 4.98 Å². The molecule has 0 bridgehead atoms. The maximum atomic E-state index is 12.2.